The number of anilines is 1. The topological polar surface area (TPSA) is 88.9 Å². The SMILES string of the molecule is CCCCOc1ccc(-c2nn(-c3ccccc3)cc2CNc2oc(-c3ccccc3)nc2C#N)cc1F. The molecular weight excluding hydrogens is 481 g/mol. The molecule has 3 aromatic carbocycles. The molecule has 0 unspecified atom stereocenters. The van der Waals surface area contributed by atoms with E-state index in [2.05, 4.69) is 23.3 Å². The lowest BCUT2D eigenvalue weighted by molar-refractivity contribution is 0.294. The van der Waals surface area contributed by atoms with Gasteiger partial charge in [-0.25, -0.2) is 9.07 Å². The Labute approximate surface area is 220 Å². The van der Waals surface area contributed by atoms with E-state index in [0.717, 1.165) is 29.7 Å². The first-order valence-electron chi connectivity index (χ1n) is 12.4. The number of ether oxygens (including phenoxy) is 1. The molecule has 0 fully saturated rings. The van der Waals surface area contributed by atoms with Gasteiger partial charge in [0.25, 0.3) is 0 Å². The predicted octanol–water partition coefficient (Wildman–Crippen LogP) is 7.00. The monoisotopic (exact) mass is 507 g/mol. The fraction of sp³-hybridized carbons (Fsp3) is 0.167. The highest BCUT2D eigenvalue weighted by atomic mass is 19.1. The third-order valence-electron chi connectivity index (χ3n) is 5.96. The summed E-state index contributed by atoms with van der Waals surface area (Å²) < 4.78 is 28.1. The Morgan fingerprint density at radius 1 is 1.03 bits per heavy atom. The summed E-state index contributed by atoms with van der Waals surface area (Å²) >= 11 is 0. The summed E-state index contributed by atoms with van der Waals surface area (Å²) in [7, 11) is 0. The number of para-hydroxylation sites is 1. The van der Waals surface area contributed by atoms with Crippen molar-refractivity contribution in [2.24, 2.45) is 0 Å². The van der Waals surface area contributed by atoms with Crippen LogP contribution < -0.4 is 10.1 Å². The molecule has 0 spiro atoms. The molecule has 0 aliphatic rings. The maximum absolute atomic E-state index is 14.9. The number of hydrogen-bond donors (Lipinski definition) is 1. The lowest BCUT2D eigenvalue weighted by Gasteiger charge is -2.09. The van der Waals surface area contributed by atoms with Crippen LogP contribution in [-0.4, -0.2) is 21.4 Å². The fourth-order valence-electron chi connectivity index (χ4n) is 3.98. The Morgan fingerprint density at radius 2 is 1.79 bits per heavy atom. The van der Waals surface area contributed by atoms with E-state index in [1.54, 1.807) is 16.8 Å². The number of halogens is 1. The number of hydrogen-bond acceptors (Lipinski definition) is 6. The Kier molecular flexibility index (Phi) is 7.46. The van der Waals surface area contributed by atoms with E-state index in [9.17, 15) is 9.65 Å². The van der Waals surface area contributed by atoms with Crippen molar-refractivity contribution in [1.29, 1.82) is 5.26 Å². The first-order valence-corrected chi connectivity index (χ1v) is 12.4. The molecule has 0 amide bonds. The van der Waals surface area contributed by atoms with Gasteiger partial charge in [-0.1, -0.05) is 49.7 Å². The molecule has 2 heterocycles. The molecular formula is C30H26FN5O2. The fourth-order valence-corrected chi connectivity index (χ4v) is 3.98. The van der Waals surface area contributed by atoms with Gasteiger partial charge < -0.3 is 14.5 Å². The minimum atomic E-state index is -0.443. The van der Waals surface area contributed by atoms with Crippen LogP contribution in [0.15, 0.2) is 89.5 Å². The largest absolute Gasteiger partial charge is 0.491 e. The molecule has 8 heteroatoms. The van der Waals surface area contributed by atoms with Crippen LogP contribution in [0, 0.1) is 17.1 Å². The molecule has 5 rings (SSSR count). The number of nitriles is 1. The van der Waals surface area contributed by atoms with Gasteiger partial charge in [0.05, 0.1) is 18.0 Å². The predicted molar refractivity (Wildman–Crippen MR) is 143 cm³/mol. The zero-order chi connectivity index (χ0) is 26.3. The summed E-state index contributed by atoms with van der Waals surface area (Å²) in [5, 5.41) is 17.6. The van der Waals surface area contributed by atoms with Gasteiger partial charge in [0.2, 0.25) is 17.5 Å². The molecule has 38 heavy (non-hydrogen) atoms. The van der Waals surface area contributed by atoms with E-state index >= 15 is 0 Å². The zero-order valence-electron chi connectivity index (χ0n) is 20.9. The van der Waals surface area contributed by atoms with Crippen molar-refractivity contribution < 1.29 is 13.5 Å². The second kappa shape index (κ2) is 11.4. The highest BCUT2D eigenvalue weighted by Crippen LogP contribution is 2.30. The van der Waals surface area contributed by atoms with Gasteiger partial charge in [-0.3, -0.25) is 0 Å². The summed E-state index contributed by atoms with van der Waals surface area (Å²) in [6, 6.07) is 26.0. The van der Waals surface area contributed by atoms with Crippen LogP contribution in [0.3, 0.4) is 0 Å². The average Bonchev–Trinajstić information content (AvgIpc) is 3.58. The Bertz CT molecular complexity index is 1560. The average molecular weight is 508 g/mol. The summed E-state index contributed by atoms with van der Waals surface area (Å²) in [5.41, 5.74) is 3.78. The second-order valence-corrected chi connectivity index (χ2v) is 8.66. The number of unbranched alkanes of at least 4 members (excludes halogenated alkanes) is 1. The molecule has 0 atom stereocenters. The van der Waals surface area contributed by atoms with Crippen LogP contribution in [0.2, 0.25) is 0 Å². The number of oxazole rings is 1. The van der Waals surface area contributed by atoms with Gasteiger partial charge in [0.1, 0.15) is 6.07 Å². The first-order chi connectivity index (χ1) is 18.7. The molecule has 0 radical (unpaired) electrons. The Balaban J connectivity index is 1.46. The first kappa shape index (κ1) is 24.8. The quantitative estimate of drug-likeness (QED) is 0.205. The molecule has 1 N–H and O–H groups in total. The summed E-state index contributed by atoms with van der Waals surface area (Å²) in [4.78, 5) is 4.32. The van der Waals surface area contributed by atoms with E-state index < -0.39 is 5.82 Å². The van der Waals surface area contributed by atoms with Crippen LogP contribution in [0.1, 0.15) is 31.0 Å². The van der Waals surface area contributed by atoms with E-state index in [-0.39, 0.29) is 23.9 Å². The molecule has 0 saturated heterocycles. The van der Waals surface area contributed by atoms with Gasteiger partial charge in [-0.2, -0.15) is 15.3 Å². The standard InChI is InChI=1S/C30H26FN5O2/c1-2-3-16-37-27-15-14-22(17-25(27)31)28-23(20-36(35-28)24-12-8-5-9-13-24)19-33-30-26(18-32)34-29(38-30)21-10-6-4-7-11-21/h4-15,17,20,33H,2-3,16,19H2,1H3. The Hall–Kier alpha value is -4.90. The van der Waals surface area contributed by atoms with Crippen molar-refractivity contribution in [2.75, 3.05) is 11.9 Å². The normalized spacial score (nSPS) is 10.8. The molecule has 2 aromatic heterocycles. The molecule has 190 valence electrons. The van der Waals surface area contributed by atoms with Gasteiger partial charge >= 0.3 is 0 Å². The smallest absolute Gasteiger partial charge is 0.232 e. The van der Waals surface area contributed by atoms with E-state index in [1.165, 1.54) is 6.07 Å². The second-order valence-electron chi connectivity index (χ2n) is 8.66. The van der Waals surface area contributed by atoms with Crippen molar-refractivity contribution in [1.82, 2.24) is 14.8 Å². The van der Waals surface area contributed by atoms with Gasteiger partial charge in [-0.05, 0) is 48.9 Å². The summed E-state index contributed by atoms with van der Waals surface area (Å²) in [5.74, 6) is 0.389. The number of rotatable bonds is 10. The Morgan fingerprint density at radius 3 is 2.50 bits per heavy atom. The maximum atomic E-state index is 14.9. The van der Waals surface area contributed by atoms with Crippen molar-refractivity contribution in [3.05, 3.63) is 102 Å². The summed E-state index contributed by atoms with van der Waals surface area (Å²) in [6.07, 6.45) is 3.71. The van der Waals surface area contributed by atoms with Gasteiger partial charge in [-0.15, -0.1) is 0 Å². The van der Waals surface area contributed by atoms with E-state index in [4.69, 9.17) is 14.3 Å². The lowest BCUT2D eigenvalue weighted by atomic mass is 10.1. The van der Waals surface area contributed by atoms with Crippen LogP contribution in [0.5, 0.6) is 5.75 Å². The molecule has 7 nitrogen and oxygen atoms in total. The lowest BCUT2D eigenvalue weighted by Crippen LogP contribution is -2.01. The van der Waals surface area contributed by atoms with E-state index in [0.29, 0.717) is 23.8 Å². The minimum absolute atomic E-state index is 0.153. The number of nitrogens with one attached hydrogen (secondary N) is 1. The summed E-state index contributed by atoms with van der Waals surface area (Å²) in [6.45, 7) is 2.80. The van der Waals surface area contributed by atoms with Crippen LogP contribution >= 0.6 is 0 Å². The van der Waals surface area contributed by atoms with Crippen molar-refractivity contribution in [2.45, 2.75) is 26.3 Å². The van der Waals surface area contributed by atoms with Crippen LogP contribution in [0.4, 0.5) is 10.3 Å². The minimum Gasteiger partial charge on any atom is -0.491 e. The van der Waals surface area contributed by atoms with Crippen molar-refractivity contribution in [3.8, 4) is 40.2 Å². The molecule has 0 saturated carbocycles. The molecule has 5 aromatic rings. The van der Waals surface area contributed by atoms with Gasteiger partial charge in [0.15, 0.2) is 11.6 Å². The third kappa shape index (κ3) is 5.42. The number of aromatic nitrogens is 3. The van der Waals surface area contributed by atoms with Crippen LogP contribution in [0.25, 0.3) is 28.4 Å². The highest BCUT2D eigenvalue weighted by molar-refractivity contribution is 5.65. The number of benzene rings is 3. The zero-order valence-corrected chi connectivity index (χ0v) is 20.9. The van der Waals surface area contributed by atoms with Gasteiger partial charge in [0, 0.05) is 29.4 Å². The molecule has 0 aliphatic heterocycles. The maximum Gasteiger partial charge on any atom is 0.232 e. The van der Waals surface area contributed by atoms with Crippen LogP contribution in [-0.2, 0) is 6.54 Å². The number of nitrogens with zero attached hydrogens (tertiary/aromatic N) is 4. The van der Waals surface area contributed by atoms with Crippen molar-refractivity contribution >= 4 is 5.88 Å². The van der Waals surface area contributed by atoms with Crippen molar-refractivity contribution in [3.63, 3.8) is 0 Å². The third-order valence-corrected chi connectivity index (χ3v) is 5.96. The molecule has 0 aliphatic carbocycles. The van der Waals surface area contributed by atoms with E-state index in [1.807, 2.05) is 66.9 Å². The molecule has 0 bridgehead atoms. The highest BCUT2D eigenvalue weighted by Gasteiger charge is 2.18.